The number of ether oxygens (including phenoxy) is 1. The highest BCUT2D eigenvalue weighted by Crippen LogP contribution is 2.26. The van der Waals surface area contributed by atoms with Gasteiger partial charge in [-0.1, -0.05) is 0 Å². The highest BCUT2D eigenvalue weighted by atomic mass is 16.6. The molecule has 0 aliphatic carbocycles. The van der Waals surface area contributed by atoms with E-state index in [1.54, 1.807) is 4.90 Å². The van der Waals surface area contributed by atoms with Gasteiger partial charge in [-0.15, -0.1) is 0 Å². The average Bonchev–Trinajstić information content (AvgIpc) is 2.93. The Balaban J connectivity index is 1.80. The van der Waals surface area contributed by atoms with Crippen molar-refractivity contribution in [2.45, 2.75) is 51.7 Å². The first-order valence-electron chi connectivity index (χ1n) is 7.68. The van der Waals surface area contributed by atoms with E-state index < -0.39 is 11.6 Å². The van der Waals surface area contributed by atoms with Gasteiger partial charge < -0.3 is 14.7 Å². The molecule has 0 aromatic heterocycles. The molecule has 1 N–H and O–H groups in total. The minimum Gasteiger partial charge on any atom is -0.481 e. The standard InChI is InChI=1S/C15H26N2O4/c1-15(2,3)21-14(20)17-7-5-12(10-17)16-6-4-11(9-16)8-13(18)19/h11-12H,4-10H2,1-3H3,(H,18,19). The van der Waals surface area contributed by atoms with E-state index in [1.807, 2.05) is 20.8 Å². The molecule has 0 bridgehead atoms. The van der Waals surface area contributed by atoms with Crippen molar-refractivity contribution < 1.29 is 19.4 Å². The van der Waals surface area contributed by atoms with Crippen molar-refractivity contribution in [3.05, 3.63) is 0 Å². The van der Waals surface area contributed by atoms with Gasteiger partial charge in [-0.05, 0) is 46.1 Å². The van der Waals surface area contributed by atoms with Crippen molar-refractivity contribution in [2.75, 3.05) is 26.2 Å². The van der Waals surface area contributed by atoms with E-state index in [4.69, 9.17) is 9.84 Å². The van der Waals surface area contributed by atoms with Crippen LogP contribution in [0.5, 0.6) is 0 Å². The van der Waals surface area contributed by atoms with Crippen LogP contribution >= 0.6 is 0 Å². The molecule has 0 radical (unpaired) electrons. The van der Waals surface area contributed by atoms with Crippen LogP contribution in [0.3, 0.4) is 0 Å². The Morgan fingerprint density at radius 1 is 1.19 bits per heavy atom. The first-order valence-corrected chi connectivity index (χ1v) is 7.68. The quantitative estimate of drug-likeness (QED) is 0.860. The van der Waals surface area contributed by atoms with Crippen LogP contribution in [-0.4, -0.2) is 64.8 Å². The zero-order valence-electron chi connectivity index (χ0n) is 13.2. The topological polar surface area (TPSA) is 70.1 Å². The molecule has 6 nitrogen and oxygen atoms in total. The molecule has 2 unspecified atom stereocenters. The van der Waals surface area contributed by atoms with Crippen LogP contribution in [0.25, 0.3) is 0 Å². The van der Waals surface area contributed by atoms with Crippen molar-refractivity contribution >= 4 is 12.1 Å². The maximum Gasteiger partial charge on any atom is 0.410 e. The van der Waals surface area contributed by atoms with E-state index in [2.05, 4.69) is 4.90 Å². The van der Waals surface area contributed by atoms with Gasteiger partial charge in [0.15, 0.2) is 0 Å². The van der Waals surface area contributed by atoms with Gasteiger partial charge in [-0.2, -0.15) is 0 Å². The summed E-state index contributed by atoms with van der Waals surface area (Å²) in [7, 11) is 0. The van der Waals surface area contributed by atoms with E-state index in [0.29, 0.717) is 12.6 Å². The van der Waals surface area contributed by atoms with Gasteiger partial charge in [0.25, 0.3) is 0 Å². The molecule has 0 saturated carbocycles. The Hall–Kier alpha value is -1.30. The van der Waals surface area contributed by atoms with Gasteiger partial charge in [0.05, 0.1) is 0 Å². The molecule has 0 aromatic carbocycles. The SMILES string of the molecule is CC(C)(C)OC(=O)N1CCC(N2CCC(CC(=O)O)C2)C1. The number of amides is 1. The second-order valence-corrected chi connectivity index (χ2v) is 7.12. The van der Waals surface area contributed by atoms with Crippen LogP contribution in [0, 0.1) is 5.92 Å². The number of rotatable bonds is 3. The average molecular weight is 298 g/mol. The van der Waals surface area contributed by atoms with E-state index in [-0.39, 0.29) is 18.4 Å². The lowest BCUT2D eigenvalue weighted by Crippen LogP contribution is -2.39. The summed E-state index contributed by atoms with van der Waals surface area (Å²) in [6.07, 6.45) is 1.89. The molecule has 2 aliphatic heterocycles. The number of aliphatic carboxylic acids is 1. The normalized spacial score (nSPS) is 27.1. The lowest BCUT2D eigenvalue weighted by molar-refractivity contribution is -0.138. The highest BCUT2D eigenvalue weighted by Gasteiger charge is 2.36. The Morgan fingerprint density at radius 2 is 1.90 bits per heavy atom. The number of carboxylic acids is 1. The lowest BCUT2D eigenvalue weighted by Gasteiger charge is -2.26. The number of hydrogen-bond donors (Lipinski definition) is 1. The van der Waals surface area contributed by atoms with Crippen LogP contribution in [0.4, 0.5) is 4.79 Å². The van der Waals surface area contributed by atoms with Crippen LogP contribution < -0.4 is 0 Å². The maximum absolute atomic E-state index is 12.0. The fraction of sp³-hybridized carbons (Fsp3) is 0.867. The maximum atomic E-state index is 12.0. The Morgan fingerprint density at radius 3 is 2.52 bits per heavy atom. The zero-order valence-corrected chi connectivity index (χ0v) is 13.2. The molecular formula is C15H26N2O4. The zero-order chi connectivity index (χ0) is 15.6. The molecule has 2 heterocycles. The van der Waals surface area contributed by atoms with E-state index >= 15 is 0 Å². The van der Waals surface area contributed by atoms with Crippen molar-refractivity contribution in [2.24, 2.45) is 5.92 Å². The summed E-state index contributed by atoms with van der Waals surface area (Å²) in [4.78, 5) is 26.9. The predicted octanol–water partition coefficient (Wildman–Crippen LogP) is 1.79. The largest absolute Gasteiger partial charge is 0.481 e. The van der Waals surface area contributed by atoms with Crippen molar-refractivity contribution in [1.29, 1.82) is 0 Å². The van der Waals surface area contributed by atoms with Gasteiger partial charge >= 0.3 is 12.1 Å². The van der Waals surface area contributed by atoms with Gasteiger partial charge in [-0.25, -0.2) is 4.79 Å². The number of carbonyl (C=O) groups is 2. The van der Waals surface area contributed by atoms with Gasteiger partial charge in [0, 0.05) is 32.1 Å². The summed E-state index contributed by atoms with van der Waals surface area (Å²) in [5.41, 5.74) is -0.463. The summed E-state index contributed by atoms with van der Waals surface area (Å²) in [6, 6.07) is 0.344. The third-order valence-corrected chi connectivity index (χ3v) is 4.11. The molecule has 120 valence electrons. The second-order valence-electron chi connectivity index (χ2n) is 7.12. The molecule has 2 rings (SSSR count). The third-order valence-electron chi connectivity index (χ3n) is 4.11. The second kappa shape index (κ2) is 6.22. The molecule has 6 heteroatoms. The van der Waals surface area contributed by atoms with Crippen molar-refractivity contribution in [3.8, 4) is 0 Å². The van der Waals surface area contributed by atoms with E-state index in [1.165, 1.54) is 0 Å². The van der Waals surface area contributed by atoms with Crippen LogP contribution in [0.1, 0.15) is 40.0 Å². The molecule has 0 aromatic rings. The van der Waals surface area contributed by atoms with Gasteiger partial charge in [0.2, 0.25) is 0 Å². The van der Waals surface area contributed by atoms with Crippen molar-refractivity contribution in [1.82, 2.24) is 9.80 Å². The Labute approximate surface area is 126 Å². The number of nitrogens with zero attached hydrogens (tertiary/aromatic N) is 2. The summed E-state index contributed by atoms with van der Waals surface area (Å²) in [6.45, 7) is 8.79. The van der Waals surface area contributed by atoms with Crippen LogP contribution in [0.2, 0.25) is 0 Å². The summed E-state index contributed by atoms with van der Waals surface area (Å²) < 4.78 is 5.40. The molecule has 2 fully saturated rings. The third kappa shape index (κ3) is 4.59. The number of likely N-dealkylation sites (tertiary alicyclic amines) is 2. The molecule has 2 aliphatic rings. The lowest BCUT2D eigenvalue weighted by atomic mass is 10.1. The molecule has 0 spiro atoms. The molecule has 2 atom stereocenters. The minimum atomic E-state index is -0.719. The fourth-order valence-corrected chi connectivity index (χ4v) is 3.14. The first kappa shape index (κ1) is 16.1. The Bertz CT molecular complexity index is 405. The monoisotopic (exact) mass is 298 g/mol. The fourth-order valence-electron chi connectivity index (χ4n) is 3.14. The molecular weight excluding hydrogens is 272 g/mol. The van der Waals surface area contributed by atoms with Crippen LogP contribution in [-0.2, 0) is 9.53 Å². The highest BCUT2D eigenvalue weighted by molar-refractivity contribution is 5.68. The summed E-state index contributed by atoms with van der Waals surface area (Å²) in [5.74, 6) is -0.471. The summed E-state index contributed by atoms with van der Waals surface area (Å²) in [5, 5.41) is 8.86. The number of carbonyl (C=O) groups excluding carboxylic acids is 1. The minimum absolute atomic E-state index is 0.244. The summed E-state index contributed by atoms with van der Waals surface area (Å²) >= 11 is 0. The van der Waals surface area contributed by atoms with Crippen LogP contribution in [0.15, 0.2) is 0 Å². The van der Waals surface area contributed by atoms with E-state index in [0.717, 1.165) is 32.5 Å². The van der Waals surface area contributed by atoms with Gasteiger partial charge in [-0.3, -0.25) is 9.69 Å². The van der Waals surface area contributed by atoms with Crippen molar-refractivity contribution in [3.63, 3.8) is 0 Å². The Kier molecular flexibility index (Phi) is 4.76. The molecule has 1 amide bonds. The predicted molar refractivity (Wildman–Crippen MR) is 78.1 cm³/mol. The molecule has 21 heavy (non-hydrogen) atoms. The first-order chi connectivity index (χ1) is 9.74. The number of hydrogen-bond acceptors (Lipinski definition) is 4. The molecule has 2 saturated heterocycles. The van der Waals surface area contributed by atoms with Gasteiger partial charge in [0.1, 0.15) is 5.60 Å². The smallest absolute Gasteiger partial charge is 0.410 e. The number of carboxylic acid groups (broad SMARTS) is 1. The van der Waals surface area contributed by atoms with E-state index in [9.17, 15) is 9.59 Å².